The van der Waals surface area contributed by atoms with E-state index in [2.05, 4.69) is 38.2 Å². The van der Waals surface area contributed by atoms with Crippen LogP contribution in [0.15, 0.2) is 0 Å². The van der Waals surface area contributed by atoms with Gasteiger partial charge in [-0.25, -0.2) is 10.0 Å². The second-order valence-electron chi connectivity index (χ2n) is 5.87. The van der Waals surface area contributed by atoms with Crippen LogP contribution in [0.5, 0.6) is 0 Å². The zero-order valence-electron chi connectivity index (χ0n) is 16.2. The van der Waals surface area contributed by atoms with Crippen molar-refractivity contribution in [3.05, 3.63) is 0 Å². The van der Waals surface area contributed by atoms with Crippen LogP contribution < -0.4 is 38.5 Å². The monoisotopic (exact) mass is 361 g/mol. The number of hydrazine groups is 1. The summed E-state index contributed by atoms with van der Waals surface area (Å²) >= 11 is 0. The maximum Gasteiger partial charge on any atom is 0.0259 e. The van der Waals surface area contributed by atoms with Gasteiger partial charge in [0.15, 0.2) is 0 Å². The lowest BCUT2D eigenvalue weighted by molar-refractivity contribution is -0.0285. The predicted octanol–water partition coefficient (Wildman–Crippen LogP) is -3.24. The largest absolute Gasteiger partial charge is 0.329 e. The molecule has 1 aliphatic heterocycles. The van der Waals surface area contributed by atoms with E-state index in [4.69, 9.17) is 17.2 Å². The number of piperazine rings is 1. The maximum atomic E-state index is 5.43. The van der Waals surface area contributed by atoms with E-state index in [9.17, 15) is 0 Å². The highest BCUT2D eigenvalue weighted by Gasteiger charge is 2.15. The van der Waals surface area contributed by atoms with E-state index in [0.29, 0.717) is 13.1 Å². The molecule has 0 radical (unpaired) electrons. The molecule has 0 aliphatic carbocycles. The fourth-order valence-electron chi connectivity index (χ4n) is 2.50. The van der Waals surface area contributed by atoms with Crippen molar-refractivity contribution in [2.45, 2.75) is 6.92 Å². The molecule has 0 aromatic carbocycles. The van der Waals surface area contributed by atoms with Gasteiger partial charge in [-0.1, -0.05) is 6.92 Å². The summed E-state index contributed by atoms with van der Waals surface area (Å²) in [7, 11) is 0. The SMILES string of the molecule is CCN(CCNCCN)N1CCNCC1.NCCNCCNCCN. The minimum atomic E-state index is 0.705. The summed E-state index contributed by atoms with van der Waals surface area (Å²) < 4.78 is 0. The highest BCUT2D eigenvalue weighted by molar-refractivity contribution is 4.67. The van der Waals surface area contributed by atoms with Crippen LogP contribution in [0.3, 0.4) is 0 Å². The Hall–Kier alpha value is -0.360. The highest BCUT2D eigenvalue weighted by atomic mass is 15.6. The first-order valence-electron chi connectivity index (χ1n) is 9.73. The summed E-state index contributed by atoms with van der Waals surface area (Å²) in [5.41, 5.74) is 16.0. The zero-order chi connectivity index (χ0) is 18.6. The van der Waals surface area contributed by atoms with Crippen LogP contribution in [0, 0.1) is 0 Å². The molecule has 10 N–H and O–H groups in total. The molecule has 1 aliphatic rings. The number of hydrogen-bond donors (Lipinski definition) is 7. The molecule has 0 saturated carbocycles. The molecule has 9 heteroatoms. The van der Waals surface area contributed by atoms with Crippen molar-refractivity contribution in [1.29, 1.82) is 0 Å². The summed E-state index contributed by atoms with van der Waals surface area (Å²) in [6, 6.07) is 0. The number of likely N-dealkylation sites (N-methyl/N-ethyl adjacent to an activating group) is 1. The number of nitrogens with one attached hydrogen (secondary N) is 4. The summed E-state index contributed by atoms with van der Waals surface area (Å²) in [6.07, 6.45) is 0. The molecule has 1 saturated heterocycles. The molecule has 0 unspecified atom stereocenters. The van der Waals surface area contributed by atoms with Gasteiger partial charge in [0, 0.05) is 98.2 Å². The average molecular weight is 362 g/mol. The van der Waals surface area contributed by atoms with Crippen LogP contribution in [0.1, 0.15) is 6.92 Å². The van der Waals surface area contributed by atoms with Gasteiger partial charge in [0.25, 0.3) is 0 Å². The van der Waals surface area contributed by atoms with Crippen molar-refractivity contribution >= 4 is 0 Å². The first-order valence-corrected chi connectivity index (χ1v) is 9.73. The second kappa shape index (κ2) is 20.0. The van der Waals surface area contributed by atoms with Crippen molar-refractivity contribution < 1.29 is 0 Å². The van der Waals surface area contributed by atoms with Crippen LogP contribution in [0.2, 0.25) is 0 Å². The first-order chi connectivity index (χ1) is 12.3. The second-order valence-corrected chi connectivity index (χ2v) is 5.87. The fraction of sp³-hybridized carbons (Fsp3) is 1.00. The molecule has 0 bridgehead atoms. The summed E-state index contributed by atoms with van der Waals surface area (Å²) in [5.74, 6) is 0. The molecule has 1 heterocycles. The van der Waals surface area contributed by atoms with Gasteiger partial charge in [-0.2, -0.15) is 0 Å². The van der Waals surface area contributed by atoms with Crippen molar-refractivity contribution in [3.8, 4) is 0 Å². The van der Waals surface area contributed by atoms with E-state index >= 15 is 0 Å². The van der Waals surface area contributed by atoms with Crippen molar-refractivity contribution in [1.82, 2.24) is 31.3 Å². The smallest absolute Gasteiger partial charge is 0.0259 e. The molecule has 1 rings (SSSR count). The molecule has 0 aromatic rings. The van der Waals surface area contributed by atoms with Crippen LogP contribution in [-0.2, 0) is 0 Å². The molecule has 0 amide bonds. The van der Waals surface area contributed by atoms with Crippen molar-refractivity contribution in [2.75, 3.05) is 98.2 Å². The van der Waals surface area contributed by atoms with E-state index < -0.39 is 0 Å². The first kappa shape index (κ1) is 24.6. The van der Waals surface area contributed by atoms with Crippen molar-refractivity contribution in [2.24, 2.45) is 17.2 Å². The van der Waals surface area contributed by atoms with E-state index in [1.54, 1.807) is 0 Å². The Kier molecular flexibility index (Phi) is 19.7. The average Bonchev–Trinajstić information content (AvgIpc) is 2.66. The van der Waals surface area contributed by atoms with E-state index in [1.165, 1.54) is 0 Å². The number of nitrogens with two attached hydrogens (primary N) is 3. The molecule has 1 fully saturated rings. The minimum absolute atomic E-state index is 0.705. The zero-order valence-corrected chi connectivity index (χ0v) is 16.2. The third-order valence-electron chi connectivity index (χ3n) is 3.85. The van der Waals surface area contributed by atoms with Gasteiger partial charge < -0.3 is 38.5 Å². The van der Waals surface area contributed by atoms with Crippen LogP contribution in [0.25, 0.3) is 0 Å². The van der Waals surface area contributed by atoms with Crippen molar-refractivity contribution in [3.63, 3.8) is 0 Å². The van der Waals surface area contributed by atoms with Gasteiger partial charge >= 0.3 is 0 Å². The third-order valence-corrected chi connectivity index (χ3v) is 3.85. The number of nitrogens with zero attached hydrogens (tertiary/aromatic N) is 2. The Morgan fingerprint density at radius 2 is 1.28 bits per heavy atom. The molecular formula is C16H43N9. The molecular weight excluding hydrogens is 318 g/mol. The lowest BCUT2D eigenvalue weighted by Gasteiger charge is -2.37. The predicted molar refractivity (Wildman–Crippen MR) is 107 cm³/mol. The third kappa shape index (κ3) is 15.6. The summed E-state index contributed by atoms with van der Waals surface area (Å²) in [5, 5.41) is 17.9. The van der Waals surface area contributed by atoms with Gasteiger partial charge in [-0.3, -0.25) is 0 Å². The number of hydrogen-bond acceptors (Lipinski definition) is 9. The Balaban J connectivity index is 0.000000504. The summed E-state index contributed by atoms with van der Waals surface area (Å²) in [4.78, 5) is 0. The van der Waals surface area contributed by atoms with Crippen LogP contribution in [0.4, 0.5) is 0 Å². The van der Waals surface area contributed by atoms with Gasteiger partial charge in [-0.05, 0) is 0 Å². The van der Waals surface area contributed by atoms with E-state index in [0.717, 1.165) is 85.1 Å². The van der Waals surface area contributed by atoms with Gasteiger partial charge in [0.05, 0.1) is 0 Å². The fourth-order valence-corrected chi connectivity index (χ4v) is 2.50. The van der Waals surface area contributed by atoms with E-state index in [1.807, 2.05) is 0 Å². The molecule has 0 aromatic heterocycles. The number of rotatable bonds is 14. The maximum absolute atomic E-state index is 5.43. The van der Waals surface area contributed by atoms with Gasteiger partial charge in [0.2, 0.25) is 0 Å². The topological polar surface area (TPSA) is 133 Å². The van der Waals surface area contributed by atoms with E-state index in [-0.39, 0.29) is 0 Å². The normalized spacial score (nSPS) is 15.2. The standard InChI is InChI=1S/C10H25N5.C6H18N4/c1-2-14(8-5-12-4-3-11)15-9-6-13-7-10-15;7-1-3-9-5-6-10-4-2-8/h12-13H,2-11H2,1H3;9-10H,1-8H2. The highest BCUT2D eigenvalue weighted by Crippen LogP contribution is 1.98. The molecule has 0 spiro atoms. The van der Waals surface area contributed by atoms with Crippen LogP contribution >= 0.6 is 0 Å². The quantitative estimate of drug-likeness (QED) is 0.159. The van der Waals surface area contributed by atoms with Gasteiger partial charge in [0.1, 0.15) is 0 Å². The summed E-state index contributed by atoms with van der Waals surface area (Å²) in [6.45, 7) is 16.6. The Bertz CT molecular complexity index is 242. The Labute approximate surface area is 154 Å². The molecule has 9 nitrogen and oxygen atoms in total. The Morgan fingerprint density at radius 1 is 0.800 bits per heavy atom. The lowest BCUT2D eigenvalue weighted by Crippen LogP contribution is -2.53. The molecule has 152 valence electrons. The molecule has 25 heavy (non-hydrogen) atoms. The van der Waals surface area contributed by atoms with Gasteiger partial charge in [-0.15, -0.1) is 0 Å². The Morgan fingerprint density at radius 3 is 1.72 bits per heavy atom. The lowest BCUT2D eigenvalue weighted by atomic mass is 10.4. The van der Waals surface area contributed by atoms with Crippen LogP contribution in [-0.4, -0.2) is 108 Å². The molecule has 0 atom stereocenters. The minimum Gasteiger partial charge on any atom is -0.329 e.